The highest BCUT2D eigenvalue weighted by molar-refractivity contribution is 5.14. The number of hydrogen-bond donors (Lipinski definition) is 2. The van der Waals surface area contributed by atoms with Crippen molar-refractivity contribution in [1.29, 1.82) is 0 Å². The quantitative estimate of drug-likeness (QED) is 0.827. The molecule has 2 rings (SSSR count). The van der Waals surface area contributed by atoms with Gasteiger partial charge in [-0.2, -0.15) is 0 Å². The van der Waals surface area contributed by atoms with Gasteiger partial charge in [0.15, 0.2) is 0 Å². The third-order valence-corrected chi connectivity index (χ3v) is 3.97. The van der Waals surface area contributed by atoms with Gasteiger partial charge in [-0.1, -0.05) is 19.8 Å². The summed E-state index contributed by atoms with van der Waals surface area (Å²) in [4.78, 5) is 0. The summed E-state index contributed by atoms with van der Waals surface area (Å²) in [5.74, 6) is 0.652. The molecule has 3 unspecified atom stereocenters. The molecule has 1 aliphatic carbocycles. The van der Waals surface area contributed by atoms with Crippen LogP contribution in [0.25, 0.3) is 0 Å². The third-order valence-electron chi connectivity index (χ3n) is 3.97. The Morgan fingerprint density at radius 2 is 2.50 bits per heavy atom. The van der Waals surface area contributed by atoms with Crippen molar-refractivity contribution in [2.24, 2.45) is 17.1 Å². The highest BCUT2D eigenvalue weighted by Gasteiger charge is 2.41. The lowest BCUT2D eigenvalue weighted by Gasteiger charge is -2.42. The maximum Gasteiger partial charge on any atom is 0.0960 e. The Labute approximate surface area is 96.6 Å². The van der Waals surface area contributed by atoms with Crippen LogP contribution in [0.2, 0.25) is 0 Å². The largest absolute Gasteiger partial charge is 0.472 e. The monoisotopic (exact) mass is 223 g/mol. The minimum atomic E-state index is -0.487. The molecular formula is C13H21NO2. The third kappa shape index (κ3) is 2.02. The minimum Gasteiger partial charge on any atom is -0.472 e. The minimum absolute atomic E-state index is 0.151. The molecule has 3 heteroatoms. The van der Waals surface area contributed by atoms with Crippen molar-refractivity contribution in [3.63, 3.8) is 0 Å². The van der Waals surface area contributed by atoms with E-state index in [4.69, 9.17) is 10.2 Å². The first-order chi connectivity index (χ1) is 7.68. The summed E-state index contributed by atoms with van der Waals surface area (Å²) >= 11 is 0. The summed E-state index contributed by atoms with van der Waals surface area (Å²) in [6, 6.07) is 1.83. The van der Waals surface area contributed by atoms with E-state index in [0.717, 1.165) is 24.8 Å². The first-order valence-electron chi connectivity index (χ1n) is 6.08. The highest BCUT2D eigenvalue weighted by Crippen LogP contribution is 2.47. The van der Waals surface area contributed by atoms with Crippen LogP contribution >= 0.6 is 0 Å². The number of nitrogens with two attached hydrogens (primary N) is 1. The highest BCUT2D eigenvalue weighted by atomic mass is 16.3. The number of hydrogen-bond acceptors (Lipinski definition) is 3. The molecule has 0 amide bonds. The van der Waals surface area contributed by atoms with Crippen molar-refractivity contribution in [3.8, 4) is 0 Å². The zero-order chi connectivity index (χ0) is 11.6. The Bertz CT molecular complexity index is 323. The van der Waals surface area contributed by atoms with Gasteiger partial charge in [0, 0.05) is 17.5 Å². The molecule has 0 spiro atoms. The molecule has 3 nitrogen and oxygen atoms in total. The van der Waals surface area contributed by atoms with Crippen LogP contribution in [0.5, 0.6) is 0 Å². The summed E-state index contributed by atoms with van der Waals surface area (Å²) in [6.45, 7) is 2.79. The summed E-state index contributed by atoms with van der Waals surface area (Å²) in [5.41, 5.74) is 6.63. The molecule has 16 heavy (non-hydrogen) atoms. The molecule has 0 radical (unpaired) electrons. The van der Waals surface area contributed by atoms with Crippen LogP contribution in [-0.2, 0) is 0 Å². The van der Waals surface area contributed by atoms with Crippen LogP contribution in [0.3, 0.4) is 0 Å². The van der Waals surface area contributed by atoms with E-state index >= 15 is 0 Å². The predicted molar refractivity (Wildman–Crippen MR) is 62.8 cm³/mol. The van der Waals surface area contributed by atoms with Crippen LogP contribution < -0.4 is 5.73 Å². The van der Waals surface area contributed by atoms with E-state index in [0.29, 0.717) is 12.5 Å². The van der Waals surface area contributed by atoms with Crippen molar-refractivity contribution in [1.82, 2.24) is 0 Å². The molecule has 3 N–H and O–H groups in total. The Morgan fingerprint density at radius 3 is 3.06 bits per heavy atom. The normalized spacial score (nSPS) is 32.6. The molecule has 1 fully saturated rings. The van der Waals surface area contributed by atoms with E-state index in [-0.39, 0.29) is 5.41 Å². The molecule has 1 saturated carbocycles. The van der Waals surface area contributed by atoms with E-state index in [2.05, 4.69) is 6.92 Å². The SMILES string of the molecule is CC1CCCC(CN)(C(O)c2ccoc2)C1. The van der Waals surface area contributed by atoms with Crippen molar-refractivity contribution >= 4 is 0 Å². The average molecular weight is 223 g/mol. The molecule has 0 aliphatic heterocycles. The second kappa shape index (κ2) is 4.60. The molecule has 3 atom stereocenters. The summed E-state index contributed by atoms with van der Waals surface area (Å²) in [5, 5.41) is 10.5. The Morgan fingerprint density at radius 1 is 1.69 bits per heavy atom. The number of aliphatic hydroxyl groups excluding tert-OH is 1. The molecule has 0 bridgehead atoms. The molecular weight excluding hydrogens is 202 g/mol. The van der Waals surface area contributed by atoms with Gasteiger partial charge >= 0.3 is 0 Å². The lowest BCUT2D eigenvalue weighted by atomic mass is 9.65. The molecule has 1 aromatic heterocycles. The van der Waals surface area contributed by atoms with Crippen LogP contribution in [0.1, 0.15) is 44.3 Å². The molecule has 90 valence electrons. The molecule has 1 aliphatic rings. The molecule has 0 aromatic carbocycles. The summed E-state index contributed by atoms with van der Waals surface area (Å²) in [6.07, 6.45) is 7.18. The predicted octanol–water partition coefficient (Wildman–Crippen LogP) is 2.47. The van der Waals surface area contributed by atoms with Gasteiger partial charge in [-0.05, 0) is 24.8 Å². The lowest BCUT2D eigenvalue weighted by Crippen LogP contribution is -2.40. The second-order valence-corrected chi connectivity index (χ2v) is 5.23. The van der Waals surface area contributed by atoms with Gasteiger partial charge < -0.3 is 15.3 Å². The smallest absolute Gasteiger partial charge is 0.0960 e. The van der Waals surface area contributed by atoms with Crippen molar-refractivity contribution in [2.75, 3.05) is 6.54 Å². The zero-order valence-corrected chi connectivity index (χ0v) is 9.86. The van der Waals surface area contributed by atoms with Crippen LogP contribution in [0, 0.1) is 11.3 Å². The van der Waals surface area contributed by atoms with Gasteiger partial charge in [0.25, 0.3) is 0 Å². The van der Waals surface area contributed by atoms with Crippen molar-refractivity contribution in [3.05, 3.63) is 24.2 Å². The van der Waals surface area contributed by atoms with Gasteiger partial charge in [-0.15, -0.1) is 0 Å². The van der Waals surface area contributed by atoms with Gasteiger partial charge in [0.2, 0.25) is 0 Å². The maximum absolute atomic E-state index is 10.5. The average Bonchev–Trinajstić information content (AvgIpc) is 2.81. The summed E-state index contributed by atoms with van der Waals surface area (Å²) < 4.78 is 5.04. The Hall–Kier alpha value is -0.800. The maximum atomic E-state index is 10.5. The Kier molecular flexibility index (Phi) is 3.36. The van der Waals surface area contributed by atoms with Crippen LogP contribution in [-0.4, -0.2) is 11.7 Å². The first-order valence-corrected chi connectivity index (χ1v) is 6.08. The van der Waals surface area contributed by atoms with Gasteiger partial charge in [-0.25, -0.2) is 0 Å². The molecule has 0 saturated heterocycles. The van der Waals surface area contributed by atoms with Gasteiger partial charge in [0.05, 0.1) is 18.6 Å². The van der Waals surface area contributed by atoms with E-state index in [1.807, 2.05) is 6.07 Å². The zero-order valence-electron chi connectivity index (χ0n) is 9.86. The number of rotatable bonds is 3. The van der Waals surface area contributed by atoms with Crippen molar-refractivity contribution in [2.45, 2.75) is 38.7 Å². The van der Waals surface area contributed by atoms with E-state index in [9.17, 15) is 5.11 Å². The fraction of sp³-hybridized carbons (Fsp3) is 0.692. The van der Waals surface area contributed by atoms with Crippen LogP contribution in [0.15, 0.2) is 23.0 Å². The fourth-order valence-corrected chi connectivity index (χ4v) is 3.03. The standard InChI is InChI=1S/C13H21NO2/c1-10-3-2-5-13(7-10,9-14)12(15)11-4-6-16-8-11/h4,6,8,10,12,15H,2-3,5,7,9,14H2,1H3. The first kappa shape index (κ1) is 11.7. The van der Waals surface area contributed by atoms with Gasteiger partial charge in [0.1, 0.15) is 0 Å². The number of aliphatic hydroxyl groups is 1. The van der Waals surface area contributed by atoms with E-state index in [1.165, 1.54) is 6.42 Å². The lowest BCUT2D eigenvalue weighted by molar-refractivity contribution is -0.0133. The van der Waals surface area contributed by atoms with E-state index < -0.39 is 6.10 Å². The van der Waals surface area contributed by atoms with Gasteiger partial charge in [-0.3, -0.25) is 0 Å². The fourth-order valence-electron chi connectivity index (χ4n) is 3.03. The topological polar surface area (TPSA) is 59.4 Å². The number of furan rings is 1. The second-order valence-electron chi connectivity index (χ2n) is 5.23. The van der Waals surface area contributed by atoms with Crippen molar-refractivity contribution < 1.29 is 9.52 Å². The molecule has 1 aromatic rings. The van der Waals surface area contributed by atoms with E-state index in [1.54, 1.807) is 12.5 Å². The Balaban J connectivity index is 2.20. The molecule has 1 heterocycles. The summed E-state index contributed by atoms with van der Waals surface area (Å²) in [7, 11) is 0. The van der Waals surface area contributed by atoms with Crippen LogP contribution in [0.4, 0.5) is 0 Å².